The van der Waals surface area contributed by atoms with Gasteiger partial charge in [-0.3, -0.25) is 9.69 Å². The second kappa shape index (κ2) is 4.06. The van der Waals surface area contributed by atoms with Crippen LogP contribution in [0.2, 0.25) is 0 Å². The first-order valence-corrected chi connectivity index (χ1v) is 6.00. The second-order valence-corrected chi connectivity index (χ2v) is 5.38. The van der Waals surface area contributed by atoms with Gasteiger partial charge < -0.3 is 5.73 Å². The third-order valence-electron chi connectivity index (χ3n) is 4.21. The van der Waals surface area contributed by atoms with Gasteiger partial charge in [-0.1, -0.05) is 6.42 Å². The van der Waals surface area contributed by atoms with Gasteiger partial charge in [-0.05, 0) is 32.7 Å². The number of nitrogens with zero attached hydrogens (tertiary/aromatic N) is 2. The van der Waals surface area contributed by atoms with Gasteiger partial charge in [0, 0.05) is 12.6 Å². The number of amides is 1. The maximum absolute atomic E-state index is 11.4. The lowest BCUT2D eigenvalue weighted by Crippen LogP contribution is -2.41. The van der Waals surface area contributed by atoms with Crippen molar-refractivity contribution in [3.05, 3.63) is 0 Å². The van der Waals surface area contributed by atoms with E-state index in [4.69, 9.17) is 11.0 Å². The molecule has 3 atom stereocenters. The average molecular weight is 221 g/mol. The lowest BCUT2D eigenvalue weighted by molar-refractivity contribution is -0.126. The molecule has 0 aromatic rings. The predicted molar refractivity (Wildman–Crippen MR) is 60.2 cm³/mol. The highest BCUT2D eigenvalue weighted by Crippen LogP contribution is 2.37. The Morgan fingerprint density at radius 1 is 1.56 bits per heavy atom. The van der Waals surface area contributed by atoms with E-state index in [9.17, 15) is 4.79 Å². The van der Waals surface area contributed by atoms with Crippen LogP contribution >= 0.6 is 0 Å². The zero-order valence-corrected chi connectivity index (χ0v) is 9.78. The summed E-state index contributed by atoms with van der Waals surface area (Å²) >= 11 is 0. The first-order chi connectivity index (χ1) is 7.57. The summed E-state index contributed by atoms with van der Waals surface area (Å²) < 4.78 is 0. The minimum Gasteiger partial charge on any atom is -0.369 e. The Morgan fingerprint density at radius 3 is 2.88 bits per heavy atom. The van der Waals surface area contributed by atoms with Gasteiger partial charge in [0.2, 0.25) is 5.91 Å². The molecular formula is C12H19N3O. The van der Waals surface area contributed by atoms with Crippen LogP contribution in [0.3, 0.4) is 0 Å². The van der Waals surface area contributed by atoms with Crippen LogP contribution in [0.15, 0.2) is 0 Å². The van der Waals surface area contributed by atoms with Crippen LogP contribution in [-0.4, -0.2) is 29.9 Å². The number of hydrogen-bond acceptors (Lipinski definition) is 3. The molecule has 1 aliphatic carbocycles. The summed E-state index contributed by atoms with van der Waals surface area (Å²) in [6.45, 7) is 3.57. The number of nitriles is 1. The van der Waals surface area contributed by atoms with Crippen LogP contribution in [0.25, 0.3) is 0 Å². The smallest absolute Gasteiger partial charge is 0.224 e. The SMILES string of the molecule is CC1(C(N)=O)CCN(C2CCCC2C#N)C1. The molecule has 2 N–H and O–H groups in total. The number of primary amides is 1. The summed E-state index contributed by atoms with van der Waals surface area (Å²) in [6, 6.07) is 2.74. The van der Waals surface area contributed by atoms with Crippen LogP contribution < -0.4 is 5.73 Å². The Hall–Kier alpha value is -1.08. The van der Waals surface area contributed by atoms with Crippen LogP contribution in [0.4, 0.5) is 0 Å². The van der Waals surface area contributed by atoms with Crippen LogP contribution in [-0.2, 0) is 4.79 Å². The first-order valence-electron chi connectivity index (χ1n) is 6.00. The third-order valence-corrected chi connectivity index (χ3v) is 4.21. The van der Waals surface area contributed by atoms with Crippen molar-refractivity contribution < 1.29 is 4.79 Å². The van der Waals surface area contributed by atoms with Crippen molar-refractivity contribution in [2.45, 2.75) is 38.6 Å². The number of rotatable bonds is 2. The fraction of sp³-hybridized carbons (Fsp3) is 0.833. The zero-order chi connectivity index (χ0) is 11.8. The summed E-state index contributed by atoms with van der Waals surface area (Å²) in [4.78, 5) is 13.7. The standard InChI is InChI=1S/C12H19N3O/c1-12(11(14)16)5-6-15(8-12)10-4-2-3-9(10)7-13/h9-10H,2-6,8H2,1H3,(H2,14,16). The van der Waals surface area contributed by atoms with Crippen LogP contribution in [0.1, 0.15) is 32.6 Å². The average Bonchev–Trinajstić information content (AvgIpc) is 2.83. The van der Waals surface area contributed by atoms with Gasteiger partial charge in [0.05, 0.1) is 17.4 Å². The van der Waals surface area contributed by atoms with Gasteiger partial charge in [0.25, 0.3) is 0 Å². The molecule has 1 saturated carbocycles. The minimum atomic E-state index is -0.386. The number of carbonyl (C=O) groups is 1. The van der Waals surface area contributed by atoms with E-state index in [1.165, 1.54) is 0 Å². The third kappa shape index (κ3) is 1.80. The van der Waals surface area contributed by atoms with Crippen molar-refractivity contribution in [1.82, 2.24) is 4.90 Å². The molecule has 0 aromatic heterocycles. The van der Waals surface area contributed by atoms with Gasteiger partial charge in [0.1, 0.15) is 0 Å². The normalized spacial score (nSPS) is 39.8. The van der Waals surface area contributed by atoms with E-state index >= 15 is 0 Å². The molecule has 4 heteroatoms. The fourth-order valence-electron chi connectivity index (χ4n) is 3.01. The fourth-order valence-corrected chi connectivity index (χ4v) is 3.01. The molecule has 0 spiro atoms. The van der Waals surface area contributed by atoms with Gasteiger partial charge in [-0.2, -0.15) is 5.26 Å². The number of hydrogen-bond donors (Lipinski definition) is 1. The molecule has 1 aliphatic heterocycles. The van der Waals surface area contributed by atoms with Crippen molar-refractivity contribution in [3.63, 3.8) is 0 Å². The van der Waals surface area contributed by atoms with Crippen molar-refractivity contribution >= 4 is 5.91 Å². The van der Waals surface area contributed by atoms with Gasteiger partial charge in [-0.15, -0.1) is 0 Å². The number of likely N-dealkylation sites (tertiary alicyclic amines) is 1. The van der Waals surface area contributed by atoms with E-state index in [1.54, 1.807) is 0 Å². The second-order valence-electron chi connectivity index (χ2n) is 5.38. The first kappa shape index (κ1) is 11.4. The molecular weight excluding hydrogens is 202 g/mol. The number of nitrogens with two attached hydrogens (primary N) is 1. The molecule has 1 saturated heterocycles. The van der Waals surface area contributed by atoms with Gasteiger partial charge in [-0.25, -0.2) is 0 Å². The lowest BCUT2D eigenvalue weighted by Gasteiger charge is -2.27. The Labute approximate surface area is 96.4 Å². The maximum atomic E-state index is 11.4. The summed E-state index contributed by atoms with van der Waals surface area (Å²) in [6.07, 6.45) is 4.06. The maximum Gasteiger partial charge on any atom is 0.224 e. The molecule has 3 unspecified atom stereocenters. The van der Waals surface area contributed by atoms with Crippen molar-refractivity contribution in [2.24, 2.45) is 17.1 Å². The molecule has 4 nitrogen and oxygen atoms in total. The number of carbonyl (C=O) groups excluding carboxylic acids is 1. The van der Waals surface area contributed by atoms with E-state index in [1.807, 2.05) is 6.92 Å². The summed E-state index contributed by atoms with van der Waals surface area (Å²) in [5.74, 6) is -0.0586. The highest BCUT2D eigenvalue weighted by atomic mass is 16.1. The van der Waals surface area contributed by atoms with Crippen LogP contribution in [0.5, 0.6) is 0 Å². The Balaban J connectivity index is 2.04. The highest BCUT2D eigenvalue weighted by molar-refractivity contribution is 5.81. The lowest BCUT2D eigenvalue weighted by atomic mass is 9.89. The molecule has 2 fully saturated rings. The molecule has 16 heavy (non-hydrogen) atoms. The Kier molecular flexibility index (Phi) is 2.90. The summed E-state index contributed by atoms with van der Waals surface area (Å²) in [5, 5.41) is 9.07. The molecule has 2 rings (SSSR count). The molecule has 0 radical (unpaired) electrons. The van der Waals surface area contributed by atoms with Gasteiger partial charge >= 0.3 is 0 Å². The molecule has 1 heterocycles. The van der Waals surface area contributed by atoms with Crippen LogP contribution in [0, 0.1) is 22.7 Å². The Bertz CT molecular complexity index is 336. The van der Waals surface area contributed by atoms with E-state index in [0.29, 0.717) is 6.04 Å². The largest absolute Gasteiger partial charge is 0.369 e. The molecule has 0 aromatic carbocycles. The monoisotopic (exact) mass is 221 g/mol. The molecule has 88 valence electrons. The summed E-state index contributed by atoms with van der Waals surface area (Å²) in [5.41, 5.74) is 5.04. The van der Waals surface area contributed by atoms with Gasteiger partial charge in [0.15, 0.2) is 0 Å². The quantitative estimate of drug-likeness (QED) is 0.752. The van der Waals surface area contributed by atoms with Crippen molar-refractivity contribution in [3.8, 4) is 6.07 Å². The minimum absolute atomic E-state index is 0.148. The molecule has 0 bridgehead atoms. The highest BCUT2D eigenvalue weighted by Gasteiger charge is 2.43. The van der Waals surface area contributed by atoms with E-state index in [-0.39, 0.29) is 17.2 Å². The zero-order valence-electron chi connectivity index (χ0n) is 9.78. The predicted octanol–water partition coefficient (Wildman–Crippen LogP) is 0.876. The van der Waals surface area contributed by atoms with Crippen molar-refractivity contribution in [1.29, 1.82) is 5.26 Å². The Morgan fingerprint density at radius 2 is 2.31 bits per heavy atom. The molecule has 2 aliphatic rings. The topological polar surface area (TPSA) is 70.1 Å². The van der Waals surface area contributed by atoms with E-state index in [0.717, 1.165) is 38.8 Å². The van der Waals surface area contributed by atoms with E-state index in [2.05, 4.69) is 11.0 Å². The van der Waals surface area contributed by atoms with E-state index < -0.39 is 0 Å². The van der Waals surface area contributed by atoms with Crippen molar-refractivity contribution in [2.75, 3.05) is 13.1 Å². The summed E-state index contributed by atoms with van der Waals surface area (Å²) in [7, 11) is 0. The molecule has 1 amide bonds.